The Labute approximate surface area is 177 Å². The first kappa shape index (κ1) is 20.6. The molecular formula is C21H21NO7S. The molecule has 2 fully saturated rings. The van der Waals surface area contributed by atoms with Crippen LogP contribution in [-0.4, -0.2) is 52.7 Å². The summed E-state index contributed by atoms with van der Waals surface area (Å²) >= 11 is 1.38. The third-order valence-electron chi connectivity index (χ3n) is 5.16. The van der Waals surface area contributed by atoms with Crippen molar-refractivity contribution in [1.29, 1.82) is 0 Å². The van der Waals surface area contributed by atoms with E-state index >= 15 is 0 Å². The van der Waals surface area contributed by atoms with Crippen LogP contribution in [0, 0.1) is 5.92 Å². The first-order valence-corrected chi connectivity index (χ1v) is 10.4. The molecule has 0 spiro atoms. The lowest BCUT2D eigenvalue weighted by Gasteiger charge is -2.25. The molecule has 2 aliphatic rings. The zero-order valence-corrected chi connectivity index (χ0v) is 17.5. The van der Waals surface area contributed by atoms with Crippen LogP contribution in [0.1, 0.15) is 20.8 Å². The Balaban J connectivity index is 1.63. The maximum absolute atomic E-state index is 11.8. The number of nitrogens with zero attached hydrogens (tertiary/aromatic N) is 1. The van der Waals surface area contributed by atoms with Gasteiger partial charge >= 0.3 is 17.9 Å². The third-order valence-corrected chi connectivity index (χ3v) is 6.34. The van der Waals surface area contributed by atoms with E-state index in [1.165, 1.54) is 32.5 Å². The van der Waals surface area contributed by atoms with Crippen molar-refractivity contribution in [1.82, 2.24) is 4.98 Å². The average molecular weight is 431 g/mol. The summed E-state index contributed by atoms with van der Waals surface area (Å²) in [6.45, 7) is 3.81. The van der Waals surface area contributed by atoms with Crippen LogP contribution in [0.4, 0.5) is 0 Å². The quantitative estimate of drug-likeness (QED) is 0.504. The van der Waals surface area contributed by atoms with Gasteiger partial charge in [-0.25, -0.2) is 0 Å². The topological polar surface area (TPSA) is 101 Å². The van der Waals surface area contributed by atoms with Gasteiger partial charge in [-0.05, 0) is 12.1 Å². The van der Waals surface area contributed by atoms with E-state index in [0.717, 1.165) is 15.8 Å². The van der Waals surface area contributed by atoms with Crippen molar-refractivity contribution in [2.75, 3.05) is 6.61 Å². The van der Waals surface area contributed by atoms with Gasteiger partial charge in [0.15, 0.2) is 5.60 Å². The fourth-order valence-corrected chi connectivity index (χ4v) is 5.22. The Bertz CT molecular complexity index is 1010. The molecule has 1 aromatic heterocycles. The highest BCUT2D eigenvalue weighted by atomic mass is 32.2. The molecule has 8 nitrogen and oxygen atoms in total. The van der Waals surface area contributed by atoms with Gasteiger partial charge in [-0.3, -0.25) is 19.4 Å². The van der Waals surface area contributed by atoms with Gasteiger partial charge in [0.25, 0.3) is 0 Å². The monoisotopic (exact) mass is 431 g/mol. The number of aromatic nitrogens is 1. The summed E-state index contributed by atoms with van der Waals surface area (Å²) in [6.07, 6.45) is 0.384. The second-order valence-corrected chi connectivity index (χ2v) is 8.44. The number of rotatable bonds is 6. The minimum atomic E-state index is -1.03. The fourth-order valence-electron chi connectivity index (χ4n) is 3.95. The van der Waals surface area contributed by atoms with Gasteiger partial charge in [0, 0.05) is 37.2 Å². The van der Waals surface area contributed by atoms with Crippen LogP contribution >= 0.6 is 11.8 Å². The number of carbonyl (C=O) groups is 3. The van der Waals surface area contributed by atoms with E-state index in [1.807, 2.05) is 30.3 Å². The smallest absolute Gasteiger partial charge is 0.303 e. The Hall–Kier alpha value is -2.65. The largest absolute Gasteiger partial charge is 0.463 e. The third kappa shape index (κ3) is 3.75. The van der Waals surface area contributed by atoms with Gasteiger partial charge in [-0.15, -0.1) is 0 Å². The van der Waals surface area contributed by atoms with Crippen molar-refractivity contribution >= 4 is 40.6 Å². The van der Waals surface area contributed by atoms with Crippen molar-refractivity contribution in [2.24, 2.45) is 5.92 Å². The number of thioether (sulfide) groups is 1. The first-order valence-electron chi connectivity index (χ1n) is 9.48. The number of pyridine rings is 1. The molecule has 30 heavy (non-hydrogen) atoms. The second kappa shape index (κ2) is 7.88. The summed E-state index contributed by atoms with van der Waals surface area (Å²) in [7, 11) is 0. The zero-order valence-electron chi connectivity index (χ0n) is 16.7. The maximum Gasteiger partial charge on any atom is 0.303 e. The number of para-hydroxylation sites is 1. The maximum atomic E-state index is 11.8. The molecule has 5 atom stereocenters. The molecule has 0 N–H and O–H groups in total. The Morgan fingerprint density at radius 2 is 1.80 bits per heavy atom. The van der Waals surface area contributed by atoms with Gasteiger partial charge in [-0.1, -0.05) is 30.0 Å². The predicted molar refractivity (Wildman–Crippen MR) is 106 cm³/mol. The zero-order chi connectivity index (χ0) is 21.5. The summed E-state index contributed by atoms with van der Waals surface area (Å²) in [5, 5.41) is 0.974. The number of fused-ring (bicyclic) bond motifs is 2. The van der Waals surface area contributed by atoms with Crippen LogP contribution in [0.15, 0.2) is 41.4 Å². The highest BCUT2D eigenvalue weighted by Gasteiger charge is 2.80. The lowest BCUT2D eigenvalue weighted by atomic mass is 10.2. The molecule has 1 saturated heterocycles. The Morgan fingerprint density at radius 3 is 2.50 bits per heavy atom. The molecule has 0 radical (unpaired) electrons. The number of hydrogen-bond acceptors (Lipinski definition) is 9. The molecule has 1 aliphatic carbocycles. The molecule has 1 saturated carbocycles. The molecule has 0 amide bonds. The molecule has 2 aromatic rings. The van der Waals surface area contributed by atoms with E-state index < -0.39 is 47.1 Å². The molecule has 2 heterocycles. The van der Waals surface area contributed by atoms with Crippen molar-refractivity contribution in [3.8, 4) is 0 Å². The lowest BCUT2D eigenvalue weighted by Crippen LogP contribution is -2.34. The number of hydrogen-bond donors (Lipinski definition) is 0. The number of benzene rings is 1. The fraction of sp³-hybridized carbons (Fsp3) is 0.429. The van der Waals surface area contributed by atoms with Crippen LogP contribution in [0.3, 0.4) is 0 Å². The van der Waals surface area contributed by atoms with Crippen molar-refractivity contribution in [2.45, 2.75) is 48.9 Å². The van der Waals surface area contributed by atoms with E-state index in [9.17, 15) is 14.4 Å². The molecule has 4 rings (SSSR count). The molecule has 9 heteroatoms. The predicted octanol–water partition coefficient (Wildman–Crippen LogP) is 2.48. The van der Waals surface area contributed by atoms with Crippen molar-refractivity contribution in [3.63, 3.8) is 0 Å². The number of carbonyl (C=O) groups excluding carboxylic acids is 3. The summed E-state index contributed by atoms with van der Waals surface area (Å²) in [5.74, 6) is -1.85. The molecule has 158 valence electrons. The molecule has 1 aliphatic heterocycles. The average Bonchev–Trinajstić information content (AvgIpc) is 3.16. The van der Waals surface area contributed by atoms with Crippen LogP contribution in [-0.2, 0) is 33.3 Å². The second-order valence-electron chi connectivity index (χ2n) is 7.30. The van der Waals surface area contributed by atoms with E-state index in [1.54, 1.807) is 6.20 Å². The Kier molecular flexibility index (Phi) is 5.42. The van der Waals surface area contributed by atoms with Gasteiger partial charge in [0.05, 0.1) is 11.4 Å². The molecule has 5 unspecified atom stereocenters. The molecule has 1 aromatic carbocycles. The summed E-state index contributed by atoms with van der Waals surface area (Å²) < 4.78 is 22.4. The summed E-state index contributed by atoms with van der Waals surface area (Å²) in [6, 6.07) is 9.61. The highest BCUT2D eigenvalue weighted by molar-refractivity contribution is 8.00. The van der Waals surface area contributed by atoms with Gasteiger partial charge in [-0.2, -0.15) is 0 Å². The van der Waals surface area contributed by atoms with Crippen LogP contribution in [0.2, 0.25) is 0 Å². The highest BCUT2D eigenvalue weighted by Crippen LogP contribution is 2.61. The molecular weight excluding hydrogens is 410 g/mol. The van der Waals surface area contributed by atoms with Crippen LogP contribution in [0.5, 0.6) is 0 Å². The van der Waals surface area contributed by atoms with Gasteiger partial charge in [0.2, 0.25) is 0 Å². The van der Waals surface area contributed by atoms with Crippen LogP contribution < -0.4 is 0 Å². The number of esters is 3. The summed E-state index contributed by atoms with van der Waals surface area (Å²) in [5.41, 5.74) is -0.803. The normalized spacial score (nSPS) is 29.2. The first-order chi connectivity index (χ1) is 14.3. The van der Waals surface area contributed by atoms with E-state index in [2.05, 4.69) is 4.98 Å². The number of ether oxygens (including phenoxy) is 4. The van der Waals surface area contributed by atoms with E-state index in [-0.39, 0.29) is 6.61 Å². The van der Waals surface area contributed by atoms with Crippen LogP contribution in [0.25, 0.3) is 10.9 Å². The standard InChI is InChI=1S/C21H21NO7S/c1-11(23)26-10-21-16(19(21)28-13(3)25)18(27-12(2)24)20(29-21)30-15-8-4-6-14-7-5-9-22-17(14)15/h4-9,16,18-20H,10H2,1-3H3. The Morgan fingerprint density at radius 1 is 1.07 bits per heavy atom. The SMILES string of the molecule is CC(=O)OCC12OC(Sc3cccc4cccnc34)C(OC(C)=O)C1C2OC(C)=O. The van der Waals surface area contributed by atoms with E-state index in [0.29, 0.717) is 0 Å². The van der Waals surface area contributed by atoms with Gasteiger partial charge < -0.3 is 18.9 Å². The van der Waals surface area contributed by atoms with Crippen molar-refractivity contribution in [3.05, 3.63) is 36.5 Å². The van der Waals surface area contributed by atoms with E-state index in [4.69, 9.17) is 18.9 Å². The lowest BCUT2D eigenvalue weighted by molar-refractivity contribution is -0.158. The summed E-state index contributed by atoms with van der Waals surface area (Å²) in [4.78, 5) is 40.0. The van der Waals surface area contributed by atoms with Gasteiger partial charge in [0.1, 0.15) is 24.3 Å². The minimum Gasteiger partial charge on any atom is -0.463 e. The minimum absolute atomic E-state index is 0.0897. The molecule has 0 bridgehead atoms. The van der Waals surface area contributed by atoms with Crippen molar-refractivity contribution < 1.29 is 33.3 Å².